The summed E-state index contributed by atoms with van der Waals surface area (Å²) in [4.78, 5) is 16.8. The van der Waals surface area contributed by atoms with Crippen LogP contribution >= 0.6 is 11.3 Å². The zero-order valence-electron chi connectivity index (χ0n) is 15.6. The fraction of sp³-hybridized carbons (Fsp3) is 0.0435. The Bertz CT molecular complexity index is 1140. The number of thiazole rings is 1. The van der Waals surface area contributed by atoms with Gasteiger partial charge in [-0.3, -0.25) is 0 Å². The maximum absolute atomic E-state index is 13.6. The van der Waals surface area contributed by atoms with Crippen LogP contribution in [0.3, 0.4) is 0 Å². The van der Waals surface area contributed by atoms with Crippen molar-refractivity contribution < 1.29 is 9.18 Å². The molecule has 4 rings (SSSR count). The van der Waals surface area contributed by atoms with Gasteiger partial charge in [0.25, 0.3) is 0 Å². The molecule has 2 amide bonds. The van der Waals surface area contributed by atoms with Gasteiger partial charge in [0.2, 0.25) is 0 Å². The number of halogens is 1. The van der Waals surface area contributed by atoms with E-state index in [2.05, 4.69) is 10.6 Å². The number of aryl methyl sites for hydroxylation is 1. The molecule has 4 nitrogen and oxygen atoms in total. The largest absolute Gasteiger partial charge is 0.323 e. The molecular formula is C23H18FN3OS. The van der Waals surface area contributed by atoms with E-state index in [1.165, 1.54) is 6.07 Å². The first-order valence-electron chi connectivity index (χ1n) is 9.04. The Kier molecular flexibility index (Phi) is 5.35. The van der Waals surface area contributed by atoms with E-state index in [9.17, 15) is 9.18 Å². The second kappa shape index (κ2) is 8.24. The summed E-state index contributed by atoms with van der Waals surface area (Å²) in [5.41, 5.74) is 4.51. The zero-order valence-corrected chi connectivity index (χ0v) is 16.5. The van der Waals surface area contributed by atoms with Crippen molar-refractivity contribution in [3.63, 3.8) is 0 Å². The van der Waals surface area contributed by atoms with E-state index in [-0.39, 0.29) is 5.82 Å². The summed E-state index contributed by atoms with van der Waals surface area (Å²) in [7, 11) is 0. The van der Waals surface area contributed by atoms with E-state index >= 15 is 0 Å². The summed E-state index contributed by atoms with van der Waals surface area (Å²) in [6, 6.07) is 21.6. The lowest BCUT2D eigenvalue weighted by Gasteiger charge is -2.09. The highest BCUT2D eigenvalue weighted by molar-refractivity contribution is 7.13. The van der Waals surface area contributed by atoms with E-state index in [4.69, 9.17) is 4.98 Å². The lowest BCUT2D eigenvalue weighted by Crippen LogP contribution is -2.19. The van der Waals surface area contributed by atoms with Gasteiger partial charge >= 0.3 is 6.03 Å². The van der Waals surface area contributed by atoms with Gasteiger partial charge in [0.15, 0.2) is 0 Å². The number of urea groups is 1. The van der Waals surface area contributed by atoms with Gasteiger partial charge in [0.1, 0.15) is 10.8 Å². The molecule has 0 spiro atoms. The molecule has 144 valence electrons. The number of hydrogen-bond acceptors (Lipinski definition) is 3. The summed E-state index contributed by atoms with van der Waals surface area (Å²) >= 11 is 1.59. The van der Waals surface area contributed by atoms with Crippen molar-refractivity contribution in [1.29, 1.82) is 0 Å². The number of anilines is 2. The Morgan fingerprint density at radius 1 is 0.897 bits per heavy atom. The Morgan fingerprint density at radius 2 is 1.59 bits per heavy atom. The van der Waals surface area contributed by atoms with Crippen LogP contribution < -0.4 is 10.6 Å². The first kappa shape index (κ1) is 18.8. The molecule has 1 heterocycles. The van der Waals surface area contributed by atoms with Gasteiger partial charge in [-0.2, -0.15) is 0 Å². The Morgan fingerprint density at radius 3 is 2.31 bits per heavy atom. The van der Waals surface area contributed by atoms with Crippen LogP contribution in [0.5, 0.6) is 0 Å². The minimum absolute atomic E-state index is 0.356. The van der Waals surface area contributed by atoms with Crippen molar-refractivity contribution in [3.05, 3.63) is 89.6 Å². The number of carbonyl (C=O) groups excluding carboxylic acids is 1. The lowest BCUT2D eigenvalue weighted by atomic mass is 10.1. The molecule has 0 saturated carbocycles. The van der Waals surface area contributed by atoms with Crippen LogP contribution in [0.25, 0.3) is 21.8 Å². The molecule has 0 radical (unpaired) electrons. The van der Waals surface area contributed by atoms with E-state index in [0.717, 1.165) is 21.8 Å². The minimum Gasteiger partial charge on any atom is -0.308 e. The molecule has 0 atom stereocenters. The van der Waals surface area contributed by atoms with Crippen molar-refractivity contribution in [2.24, 2.45) is 0 Å². The summed E-state index contributed by atoms with van der Waals surface area (Å²) in [5, 5.41) is 8.35. The first-order valence-corrected chi connectivity index (χ1v) is 9.92. The molecular weight excluding hydrogens is 385 g/mol. The molecule has 0 saturated heterocycles. The van der Waals surface area contributed by atoms with Gasteiger partial charge in [0, 0.05) is 27.9 Å². The molecule has 0 unspecified atom stereocenters. The highest BCUT2D eigenvalue weighted by atomic mass is 32.1. The van der Waals surface area contributed by atoms with Crippen LogP contribution in [0.1, 0.15) is 5.56 Å². The molecule has 2 N–H and O–H groups in total. The molecule has 6 heteroatoms. The number of nitrogens with one attached hydrogen (secondary N) is 2. The normalized spacial score (nSPS) is 10.6. The monoisotopic (exact) mass is 403 g/mol. The molecule has 0 aliphatic heterocycles. The predicted octanol–water partition coefficient (Wildman–Crippen LogP) is 6.57. The fourth-order valence-corrected chi connectivity index (χ4v) is 3.64. The quantitative estimate of drug-likeness (QED) is 0.405. The van der Waals surface area contributed by atoms with Crippen LogP contribution in [0.4, 0.5) is 20.6 Å². The van der Waals surface area contributed by atoms with Crippen molar-refractivity contribution >= 4 is 28.7 Å². The maximum Gasteiger partial charge on any atom is 0.323 e. The third-order valence-electron chi connectivity index (χ3n) is 4.39. The summed E-state index contributed by atoms with van der Waals surface area (Å²) in [5.74, 6) is -0.356. The number of aromatic nitrogens is 1. The number of rotatable bonds is 4. The molecule has 0 fully saturated rings. The van der Waals surface area contributed by atoms with Crippen LogP contribution in [-0.4, -0.2) is 11.0 Å². The van der Waals surface area contributed by atoms with E-state index < -0.39 is 6.03 Å². The Labute approximate surface area is 172 Å². The second-order valence-corrected chi connectivity index (χ2v) is 7.38. The summed E-state index contributed by atoms with van der Waals surface area (Å²) in [6.45, 7) is 1.67. The zero-order chi connectivity index (χ0) is 20.2. The summed E-state index contributed by atoms with van der Waals surface area (Å²) < 4.78 is 13.6. The van der Waals surface area contributed by atoms with Crippen molar-refractivity contribution in [3.8, 4) is 21.8 Å². The van der Waals surface area contributed by atoms with Crippen molar-refractivity contribution in [2.75, 3.05) is 10.6 Å². The van der Waals surface area contributed by atoms with Crippen LogP contribution in [0, 0.1) is 12.7 Å². The molecule has 0 aliphatic rings. The summed E-state index contributed by atoms with van der Waals surface area (Å²) in [6.07, 6.45) is 0. The van der Waals surface area contributed by atoms with E-state index in [0.29, 0.717) is 16.9 Å². The average Bonchev–Trinajstić information content (AvgIpc) is 3.22. The third kappa shape index (κ3) is 4.50. The second-order valence-electron chi connectivity index (χ2n) is 6.52. The van der Waals surface area contributed by atoms with Crippen LogP contribution in [0.15, 0.2) is 78.2 Å². The van der Waals surface area contributed by atoms with Gasteiger partial charge in [-0.15, -0.1) is 11.3 Å². The topological polar surface area (TPSA) is 54.0 Å². The van der Waals surface area contributed by atoms with Crippen molar-refractivity contribution in [2.45, 2.75) is 6.92 Å². The molecule has 0 bridgehead atoms. The van der Waals surface area contributed by atoms with Gasteiger partial charge in [-0.05, 0) is 36.8 Å². The van der Waals surface area contributed by atoms with E-state index in [1.807, 2.05) is 60.0 Å². The number of amides is 2. The minimum atomic E-state index is -0.430. The van der Waals surface area contributed by atoms with Gasteiger partial charge < -0.3 is 10.6 Å². The Hall–Kier alpha value is -3.51. The van der Waals surface area contributed by atoms with Crippen LogP contribution in [0.2, 0.25) is 0 Å². The number of carbonyl (C=O) groups is 1. The number of nitrogens with zero attached hydrogens (tertiary/aromatic N) is 1. The first-order chi connectivity index (χ1) is 14.1. The Balaban J connectivity index is 1.42. The van der Waals surface area contributed by atoms with Crippen molar-refractivity contribution in [1.82, 2.24) is 4.98 Å². The number of hydrogen-bond donors (Lipinski definition) is 2. The lowest BCUT2D eigenvalue weighted by molar-refractivity contribution is 0.262. The molecule has 29 heavy (non-hydrogen) atoms. The molecule has 4 aromatic rings. The smallest absolute Gasteiger partial charge is 0.308 e. The molecule has 0 aliphatic carbocycles. The fourth-order valence-electron chi connectivity index (χ4n) is 2.81. The molecule has 1 aromatic heterocycles. The molecule has 3 aromatic carbocycles. The highest BCUT2D eigenvalue weighted by Gasteiger charge is 2.08. The number of benzene rings is 3. The standard InChI is InChI=1S/C23H18FN3OS/c1-15-7-10-19(13-20(15)24)26-23(28)25-18-11-8-16(9-12-18)21-14-29-22(27-21)17-5-3-2-4-6-17/h2-14H,1H3,(H2,25,26,28). The predicted molar refractivity (Wildman–Crippen MR) is 117 cm³/mol. The van der Waals surface area contributed by atoms with E-state index in [1.54, 1.807) is 30.4 Å². The highest BCUT2D eigenvalue weighted by Crippen LogP contribution is 2.29. The van der Waals surface area contributed by atoms with Crippen LogP contribution in [-0.2, 0) is 0 Å². The third-order valence-corrected chi connectivity index (χ3v) is 5.28. The van der Waals surface area contributed by atoms with Gasteiger partial charge in [0.05, 0.1) is 5.69 Å². The SMILES string of the molecule is Cc1ccc(NC(=O)Nc2ccc(-c3csc(-c4ccccc4)n3)cc2)cc1F. The maximum atomic E-state index is 13.6. The van der Waals surface area contributed by atoms with Gasteiger partial charge in [-0.25, -0.2) is 14.2 Å². The average molecular weight is 403 g/mol. The van der Waals surface area contributed by atoms with Gasteiger partial charge in [-0.1, -0.05) is 48.5 Å².